The highest BCUT2D eigenvalue weighted by Gasteiger charge is 2.16. The molecule has 0 aromatic heterocycles. The summed E-state index contributed by atoms with van der Waals surface area (Å²) in [6, 6.07) is 0. The van der Waals surface area contributed by atoms with Crippen molar-refractivity contribution in [2.24, 2.45) is 5.41 Å². The smallest absolute Gasteiger partial charge is 0.302 e. The summed E-state index contributed by atoms with van der Waals surface area (Å²) in [5, 5.41) is 8.70. The van der Waals surface area contributed by atoms with E-state index in [4.69, 9.17) is 9.84 Å². The molecular weight excluding hydrogens is 156 g/mol. The van der Waals surface area contributed by atoms with Gasteiger partial charge >= 0.3 is 5.97 Å². The summed E-state index contributed by atoms with van der Waals surface area (Å²) in [5.41, 5.74) is 0.0597. The zero-order chi connectivity index (χ0) is 9.61. The molecule has 0 bridgehead atoms. The summed E-state index contributed by atoms with van der Waals surface area (Å²) in [6.45, 7) is 6.13. The Morgan fingerprint density at radius 2 is 2.00 bits per heavy atom. The molecule has 0 saturated heterocycles. The van der Waals surface area contributed by atoms with Crippen LogP contribution in [0, 0.1) is 5.41 Å². The standard InChI is InChI=1S/C9H18O3/c1-8(11)12-7-5-9(2,3)4-6-10/h10H,4-7H2,1-3H3. The molecule has 0 aromatic carbocycles. The molecule has 0 rings (SSSR count). The first-order valence-electron chi connectivity index (χ1n) is 4.22. The summed E-state index contributed by atoms with van der Waals surface area (Å²) >= 11 is 0. The number of aliphatic hydroxyl groups is 1. The summed E-state index contributed by atoms with van der Waals surface area (Å²) in [5.74, 6) is -0.241. The molecule has 0 atom stereocenters. The Bertz CT molecular complexity index is 141. The predicted octanol–water partition coefficient (Wildman–Crippen LogP) is 1.35. The van der Waals surface area contributed by atoms with Gasteiger partial charge in [-0.15, -0.1) is 0 Å². The lowest BCUT2D eigenvalue weighted by atomic mass is 9.86. The van der Waals surface area contributed by atoms with Crippen molar-refractivity contribution < 1.29 is 14.6 Å². The van der Waals surface area contributed by atoms with E-state index in [1.165, 1.54) is 6.92 Å². The van der Waals surface area contributed by atoms with E-state index in [9.17, 15) is 4.79 Å². The summed E-state index contributed by atoms with van der Waals surface area (Å²) in [7, 11) is 0. The van der Waals surface area contributed by atoms with Gasteiger partial charge < -0.3 is 9.84 Å². The highest BCUT2D eigenvalue weighted by Crippen LogP contribution is 2.24. The summed E-state index contributed by atoms with van der Waals surface area (Å²) in [6.07, 6.45) is 1.54. The number of carbonyl (C=O) groups is 1. The second-order valence-electron chi connectivity index (χ2n) is 3.73. The topological polar surface area (TPSA) is 46.5 Å². The van der Waals surface area contributed by atoms with Crippen molar-refractivity contribution in [2.45, 2.75) is 33.6 Å². The van der Waals surface area contributed by atoms with Gasteiger partial charge in [0, 0.05) is 13.5 Å². The molecule has 3 nitrogen and oxygen atoms in total. The van der Waals surface area contributed by atoms with Crippen LogP contribution < -0.4 is 0 Å². The molecule has 0 spiro atoms. The van der Waals surface area contributed by atoms with E-state index in [1.807, 2.05) is 13.8 Å². The fourth-order valence-corrected chi connectivity index (χ4v) is 0.899. The summed E-state index contributed by atoms with van der Waals surface area (Å²) in [4.78, 5) is 10.4. The van der Waals surface area contributed by atoms with E-state index in [1.54, 1.807) is 0 Å². The van der Waals surface area contributed by atoms with Gasteiger partial charge in [0.05, 0.1) is 6.61 Å². The van der Waals surface area contributed by atoms with E-state index in [2.05, 4.69) is 0 Å². The largest absolute Gasteiger partial charge is 0.466 e. The minimum absolute atomic E-state index is 0.0597. The monoisotopic (exact) mass is 174 g/mol. The molecule has 0 fully saturated rings. The predicted molar refractivity (Wildman–Crippen MR) is 46.7 cm³/mol. The lowest BCUT2D eigenvalue weighted by Gasteiger charge is -2.22. The second-order valence-corrected chi connectivity index (χ2v) is 3.73. The van der Waals surface area contributed by atoms with Gasteiger partial charge in [0.25, 0.3) is 0 Å². The first-order chi connectivity index (χ1) is 5.48. The van der Waals surface area contributed by atoms with Crippen molar-refractivity contribution >= 4 is 5.97 Å². The van der Waals surface area contributed by atoms with Crippen LogP contribution in [-0.2, 0) is 9.53 Å². The van der Waals surface area contributed by atoms with Crippen LogP contribution >= 0.6 is 0 Å². The maximum absolute atomic E-state index is 10.4. The number of carbonyl (C=O) groups excluding carboxylic acids is 1. The van der Waals surface area contributed by atoms with Crippen molar-refractivity contribution in [3.8, 4) is 0 Å². The van der Waals surface area contributed by atoms with Crippen LogP contribution in [0.4, 0.5) is 0 Å². The van der Waals surface area contributed by atoms with Gasteiger partial charge in [-0.05, 0) is 18.3 Å². The quantitative estimate of drug-likeness (QED) is 0.640. The fraction of sp³-hybridized carbons (Fsp3) is 0.889. The molecule has 72 valence electrons. The molecule has 1 N–H and O–H groups in total. The molecule has 3 heteroatoms. The van der Waals surface area contributed by atoms with Crippen LogP contribution in [0.25, 0.3) is 0 Å². The maximum atomic E-state index is 10.4. The van der Waals surface area contributed by atoms with Gasteiger partial charge in [-0.1, -0.05) is 13.8 Å². The third kappa shape index (κ3) is 6.16. The SMILES string of the molecule is CC(=O)OCCC(C)(C)CCO. The van der Waals surface area contributed by atoms with Crippen LogP contribution in [0.15, 0.2) is 0 Å². The van der Waals surface area contributed by atoms with Gasteiger partial charge in [-0.3, -0.25) is 4.79 Å². The van der Waals surface area contributed by atoms with E-state index >= 15 is 0 Å². The Hall–Kier alpha value is -0.570. The van der Waals surface area contributed by atoms with Gasteiger partial charge in [0.2, 0.25) is 0 Å². The van der Waals surface area contributed by atoms with Crippen LogP contribution in [-0.4, -0.2) is 24.3 Å². The molecule has 0 aliphatic carbocycles. The van der Waals surface area contributed by atoms with Gasteiger partial charge in [0.1, 0.15) is 0 Å². The number of rotatable bonds is 5. The van der Waals surface area contributed by atoms with Gasteiger partial charge in [0.15, 0.2) is 0 Å². The zero-order valence-corrected chi connectivity index (χ0v) is 8.09. The highest BCUT2D eigenvalue weighted by atomic mass is 16.5. The lowest BCUT2D eigenvalue weighted by molar-refractivity contribution is -0.141. The van der Waals surface area contributed by atoms with Crippen molar-refractivity contribution in [1.29, 1.82) is 0 Å². The van der Waals surface area contributed by atoms with Crippen molar-refractivity contribution in [2.75, 3.05) is 13.2 Å². The second kappa shape index (κ2) is 5.14. The van der Waals surface area contributed by atoms with Gasteiger partial charge in [-0.2, -0.15) is 0 Å². The Balaban J connectivity index is 3.53. The molecular formula is C9H18O3. The minimum Gasteiger partial charge on any atom is -0.466 e. The number of aliphatic hydroxyl groups excluding tert-OH is 1. The Morgan fingerprint density at radius 3 is 2.42 bits per heavy atom. The molecule has 0 aromatic rings. The highest BCUT2D eigenvalue weighted by molar-refractivity contribution is 5.65. The van der Waals surface area contributed by atoms with Crippen LogP contribution in [0.3, 0.4) is 0 Å². The molecule has 0 radical (unpaired) electrons. The molecule has 0 unspecified atom stereocenters. The average molecular weight is 174 g/mol. The summed E-state index contributed by atoms with van der Waals surface area (Å²) < 4.78 is 4.80. The zero-order valence-electron chi connectivity index (χ0n) is 8.09. The minimum atomic E-state index is -0.241. The molecule has 0 aliphatic heterocycles. The number of hydrogen-bond donors (Lipinski definition) is 1. The van der Waals surface area contributed by atoms with Gasteiger partial charge in [-0.25, -0.2) is 0 Å². The van der Waals surface area contributed by atoms with Crippen LogP contribution in [0.2, 0.25) is 0 Å². The molecule has 0 amide bonds. The van der Waals surface area contributed by atoms with E-state index in [0.717, 1.165) is 12.8 Å². The number of hydrogen-bond acceptors (Lipinski definition) is 3. The normalized spacial score (nSPS) is 11.3. The van der Waals surface area contributed by atoms with Crippen molar-refractivity contribution in [3.63, 3.8) is 0 Å². The Labute approximate surface area is 73.7 Å². The Kier molecular flexibility index (Phi) is 4.90. The Morgan fingerprint density at radius 1 is 1.42 bits per heavy atom. The number of esters is 1. The van der Waals surface area contributed by atoms with E-state index in [0.29, 0.717) is 6.61 Å². The molecule has 0 aliphatic rings. The van der Waals surface area contributed by atoms with E-state index in [-0.39, 0.29) is 18.0 Å². The molecule has 0 saturated carbocycles. The number of ether oxygens (including phenoxy) is 1. The maximum Gasteiger partial charge on any atom is 0.302 e. The molecule has 0 heterocycles. The third-order valence-electron chi connectivity index (χ3n) is 1.87. The van der Waals surface area contributed by atoms with Crippen molar-refractivity contribution in [3.05, 3.63) is 0 Å². The average Bonchev–Trinajstić information content (AvgIpc) is 1.85. The third-order valence-corrected chi connectivity index (χ3v) is 1.87. The van der Waals surface area contributed by atoms with E-state index < -0.39 is 0 Å². The first kappa shape index (κ1) is 11.4. The molecule has 12 heavy (non-hydrogen) atoms. The van der Waals surface area contributed by atoms with Crippen molar-refractivity contribution in [1.82, 2.24) is 0 Å². The van der Waals surface area contributed by atoms with Crippen LogP contribution in [0.5, 0.6) is 0 Å². The lowest BCUT2D eigenvalue weighted by Crippen LogP contribution is -2.17. The first-order valence-corrected chi connectivity index (χ1v) is 4.22. The van der Waals surface area contributed by atoms with Crippen LogP contribution in [0.1, 0.15) is 33.6 Å². The fourth-order valence-electron chi connectivity index (χ4n) is 0.899.